The molecule has 1 unspecified atom stereocenters. The molecule has 1 aliphatic heterocycles. The van der Waals surface area contributed by atoms with Crippen LogP contribution < -0.4 is 15.0 Å². The van der Waals surface area contributed by atoms with E-state index >= 15 is 0 Å². The Kier molecular flexibility index (Phi) is 5.97. The maximum atomic E-state index is 12.2. The molecule has 0 radical (unpaired) electrons. The molecule has 25 heavy (non-hydrogen) atoms. The number of carboxylic acid groups (broad SMARTS) is 1. The van der Waals surface area contributed by atoms with E-state index in [2.05, 4.69) is 5.32 Å². The number of fused-ring (bicyclic) bond motifs is 1. The lowest BCUT2D eigenvalue weighted by Crippen LogP contribution is -2.51. The third kappa shape index (κ3) is 4.93. The molecule has 8 nitrogen and oxygen atoms in total. The van der Waals surface area contributed by atoms with E-state index in [0.717, 1.165) is 0 Å². The maximum absolute atomic E-state index is 12.2. The molecule has 0 saturated carbocycles. The summed E-state index contributed by atoms with van der Waals surface area (Å²) in [5.41, 5.74) is -0.387. The van der Waals surface area contributed by atoms with Crippen LogP contribution in [0, 0.1) is 0 Å². The molecule has 0 fully saturated rings. The summed E-state index contributed by atoms with van der Waals surface area (Å²) in [5.74, 6) is -1.01. The number of methoxy groups -OCH3 is 1. The number of benzene rings is 1. The molecule has 0 aromatic heterocycles. The Balaban J connectivity index is 1.99. The van der Waals surface area contributed by atoms with Crippen molar-refractivity contribution >= 4 is 23.5 Å². The zero-order valence-electron chi connectivity index (χ0n) is 14.3. The zero-order valence-corrected chi connectivity index (χ0v) is 14.3. The van der Waals surface area contributed by atoms with E-state index < -0.39 is 11.5 Å². The Hall–Kier alpha value is -2.61. The molecule has 2 amide bonds. The monoisotopic (exact) mass is 350 g/mol. The highest BCUT2D eigenvalue weighted by Crippen LogP contribution is 2.31. The first kappa shape index (κ1) is 18.7. The minimum atomic E-state index is -1.03. The summed E-state index contributed by atoms with van der Waals surface area (Å²) in [6.45, 7) is 1.79. The number of rotatable bonds is 8. The number of hydrogen-bond donors (Lipinski definition) is 2. The van der Waals surface area contributed by atoms with Crippen LogP contribution in [0.1, 0.15) is 19.8 Å². The summed E-state index contributed by atoms with van der Waals surface area (Å²) >= 11 is 0. The number of carboxylic acids is 1. The lowest BCUT2D eigenvalue weighted by atomic mass is 9.98. The predicted octanol–water partition coefficient (Wildman–Crippen LogP) is 0.798. The quantitative estimate of drug-likeness (QED) is 0.718. The molecule has 1 heterocycles. The van der Waals surface area contributed by atoms with Gasteiger partial charge < -0.3 is 24.8 Å². The van der Waals surface area contributed by atoms with Crippen LogP contribution >= 0.6 is 0 Å². The molecule has 0 saturated heterocycles. The molecule has 8 heteroatoms. The van der Waals surface area contributed by atoms with Crippen molar-refractivity contribution in [3.8, 4) is 5.75 Å². The van der Waals surface area contributed by atoms with Crippen LogP contribution in [0.2, 0.25) is 0 Å². The van der Waals surface area contributed by atoms with Crippen molar-refractivity contribution in [1.29, 1.82) is 0 Å². The number of hydrogen-bond acceptors (Lipinski definition) is 5. The number of nitrogens with zero attached hydrogens (tertiary/aromatic N) is 1. The number of para-hydroxylation sites is 2. The second-order valence-corrected chi connectivity index (χ2v) is 6.16. The van der Waals surface area contributed by atoms with Gasteiger partial charge in [-0.3, -0.25) is 14.4 Å². The standard InChI is InChI=1S/C17H22N2O6/c1-17(11-24-2,9-16(22)23)18-14(20)7-8-19-12-5-3-4-6-13(12)25-10-15(19)21/h3-6H,7-11H2,1-2H3,(H,18,20)(H,22,23). The lowest BCUT2D eigenvalue weighted by Gasteiger charge is -2.31. The van der Waals surface area contributed by atoms with Crippen LogP contribution in [0.5, 0.6) is 5.75 Å². The van der Waals surface area contributed by atoms with Crippen LogP contribution in [0.3, 0.4) is 0 Å². The number of ether oxygens (including phenoxy) is 2. The van der Waals surface area contributed by atoms with Gasteiger partial charge in [0.05, 0.1) is 24.3 Å². The largest absolute Gasteiger partial charge is 0.482 e. The number of amides is 2. The third-order valence-electron chi connectivity index (χ3n) is 3.82. The number of carbonyl (C=O) groups is 3. The molecule has 0 spiro atoms. The third-order valence-corrected chi connectivity index (χ3v) is 3.82. The van der Waals surface area contributed by atoms with E-state index in [9.17, 15) is 14.4 Å². The SMILES string of the molecule is COCC(C)(CC(=O)O)NC(=O)CCN1C(=O)COc2ccccc21. The van der Waals surface area contributed by atoms with Crippen molar-refractivity contribution < 1.29 is 29.0 Å². The summed E-state index contributed by atoms with van der Waals surface area (Å²) in [4.78, 5) is 36.8. The van der Waals surface area contributed by atoms with Crippen LogP contribution in [-0.4, -0.2) is 55.3 Å². The zero-order chi connectivity index (χ0) is 18.4. The molecule has 2 N–H and O–H groups in total. The highest BCUT2D eigenvalue weighted by Gasteiger charge is 2.30. The fourth-order valence-corrected chi connectivity index (χ4v) is 2.80. The molecular weight excluding hydrogens is 328 g/mol. The van der Waals surface area contributed by atoms with Gasteiger partial charge in [-0.2, -0.15) is 0 Å². The predicted molar refractivity (Wildman–Crippen MR) is 89.6 cm³/mol. The smallest absolute Gasteiger partial charge is 0.305 e. The van der Waals surface area contributed by atoms with Gasteiger partial charge in [0.25, 0.3) is 5.91 Å². The number of anilines is 1. The Morgan fingerprint density at radius 2 is 2.12 bits per heavy atom. The number of nitrogens with one attached hydrogen (secondary N) is 1. The highest BCUT2D eigenvalue weighted by molar-refractivity contribution is 5.98. The molecule has 1 atom stereocenters. The average Bonchev–Trinajstić information content (AvgIpc) is 2.53. The Morgan fingerprint density at radius 1 is 1.40 bits per heavy atom. The van der Waals surface area contributed by atoms with E-state index in [1.165, 1.54) is 12.0 Å². The van der Waals surface area contributed by atoms with Gasteiger partial charge in [-0.1, -0.05) is 12.1 Å². The molecule has 1 aromatic carbocycles. The second kappa shape index (κ2) is 7.98. The molecular formula is C17H22N2O6. The molecule has 0 bridgehead atoms. The van der Waals surface area contributed by atoms with Gasteiger partial charge in [0.15, 0.2) is 6.61 Å². The van der Waals surface area contributed by atoms with Crippen molar-refractivity contribution in [3.63, 3.8) is 0 Å². The Bertz CT molecular complexity index is 662. The minimum Gasteiger partial charge on any atom is -0.482 e. The van der Waals surface area contributed by atoms with Crippen LogP contribution in [0.15, 0.2) is 24.3 Å². The lowest BCUT2D eigenvalue weighted by molar-refractivity contribution is -0.139. The number of aliphatic carboxylic acids is 1. The molecule has 136 valence electrons. The second-order valence-electron chi connectivity index (χ2n) is 6.16. The van der Waals surface area contributed by atoms with Gasteiger partial charge in [0.1, 0.15) is 5.75 Å². The van der Waals surface area contributed by atoms with Gasteiger partial charge in [-0.25, -0.2) is 0 Å². The number of carbonyl (C=O) groups excluding carboxylic acids is 2. The first-order valence-corrected chi connectivity index (χ1v) is 7.88. The van der Waals surface area contributed by atoms with Gasteiger partial charge in [0, 0.05) is 20.1 Å². The summed E-state index contributed by atoms with van der Waals surface area (Å²) < 4.78 is 10.4. The normalized spacial score (nSPS) is 15.8. The maximum Gasteiger partial charge on any atom is 0.305 e. The highest BCUT2D eigenvalue weighted by atomic mass is 16.5. The summed E-state index contributed by atoms with van der Waals surface area (Å²) in [5, 5.41) is 11.7. The molecule has 0 aliphatic carbocycles. The van der Waals surface area contributed by atoms with E-state index in [1.54, 1.807) is 25.1 Å². The summed E-state index contributed by atoms with van der Waals surface area (Å²) in [6.07, 6.45) is -0.217. The van der Waals surface area contributed by atoms with E-state index in [0.29, 0.717) is 11.4 Å². The van der Waals surface area contributed by atoms with E-state index in [4.69, 9.17) is 14.6 Å². The van der Waals surface area contributed by atoms with Crippen molar-refractivity contribution in [2.24, 2.45) is 0 Å². The van der Waals surface area contributed by atoms with E-state index in [1.807, 2.05) is 6.07 Å². The van der Waals surface area contributed by atoms with Gasteiger partial charge in [-0.05, 0) is 19.1 Å². The van der Waals surface area contributed by atoms with Crippen molar-refractivity contribution in [3.05, 3.63) is 24.3 Å². The molecule has 1 aliphatic rings. The van der Waals surface area contributed by atoms with Crippen LogP contribution in [0.25, 0.3) is 0 Å². The van der Waals surface area contributed by atoms with Gasteiger partial charge >= 0.3 is 5.97 Å². The van der Waals surface area contributed by atoms with Gasteiger partial charge in [0.2, 0.25) is 5.91 Å². The van der Waals surface area contributed by atoms with Crippen molar-refractivity contribution in [2.75, 3.05) is 31.8 Å². The van der Waals surface area contributed by atoms with Crippen molar-refractivity contribution in [1.82, 2.24) is 5.32 Å². The van der Waals surface area contributed by atoms with E-state index in [-0.39, 0.29) is 44.4 Å². The fourth-order valence-electron chi connectivity index (χ4n) is 2.80. The Labute approximate surface area is 145 Å². The summed E-state index contributed by atoms with van der Waals surface area (Å²) in [6, 6.07) is 7.11. The average molecular weight is 350 g/mol. The first-order valence-electron chi connectivity index (χ1n) is 7.88. The molecule has 2 rings (SSSR count). The molecule has 1 aromatic rings. The van der Waals surface area contributed by atoms with Crippen molar-refractivity contribution in [2.45, 2.75) is 25.3 Å². The van der Waals surface area contributed by atoms with Crippen LogP contribution in [-0.2, 0) is 19.1 Å². The minimum absolute atomic E-state index is 0.0407. The van der Waals surface area contributed by atoms with Crippen LogP contribution in [0.4, 0.5) is 5.69 Å². The van der Waals surface area contributed by atoms with Gasteiger partial charge in [-0.15, -0.1) is 0 Å². The first-order chi connectivity index (χ1) is 11.8. The fraction of sp³-hybridized carbons (Fsp3) is 0.471. The Morgan fingerprint density at radius 3 is 2.80 bits per heavy atom. The topological polar surface area (TPSA) is 105 Å². The summed E-state index contributed by atoms with van der Waals surface area (Å²) in [7, 11) is 1.44.